The van der Waals surface area contributed by atoms with Gasteiger partial charge in [0.1, 0.15) is 0 Å². The standard InChI is InChI=1S/C18H13ClF4N4S/c1-9-2-3-10(19)6-14(9)24-18(28)25-15-4-5-27(26-15)8-11-16(22)12(20)7-13(21)17(11)23/h2-7H,8H2,1H3,(H2,24,25,26,28). The molecule has 0 bridgehead atoms. The number of thiocarbonyl (C=S) groups is 1. The minimum atomic E-state index is -1.47. The van der Waals surface area contributed by atoms with Crippen LogP contribution >= 0.6 is 23.8 Å². The second-order valence-corrected chi connectivity index (χ2v) is 6.73. The van der Waals surface area contributed by atoms with Crippen LogP contribution in [-0.2, 0) is 6.54 Å². The second-order valence-electron chi connectivity index (χ2n) is 5.88. The van der Waals surface area contributed by atoms with E-state index in [0.29, 0.717) is 10.7 Å². The quantitative estimate of drug-likeness (QED) is 0.338. The van der Waals surface area contributed by atoms with Crippen molar-refractivity contribution in [3.8, 4) is 0 Å². The maximum Gasteiger partial charge on any atom is 0.176 e. The highest BCUT2D eigenvalue weighted by molar-refractivity contribution is 7.80. The molecular weight excluding hydrogens is 416 g/mol. The van der Waals surface area contributed by atoms with Gasteiger partial charge >= 0.3 is 0 Å². The first kappa shape index (κ1) is 20.1. The van der Waals surface area contributed by atoms with E-state index >= 15 is 0 Å². The van der Waals surface area contributed by atoms with Crippen molar-refractivity contribution in [3.05, 3.63) is 75.9 Å². The van der Waals surface area contributed by atoms with Crippen molar-refractivity contribution < 1.29 is 17.6 Å². The predicted octanol–water partition coefficient (Wildman–Crippen LogP) is 5.26. The molecule has 0 radical (unpaired) electrons. The van der Waals surface area contributed by atoms with Crippen LogP contribution in [0.1, 0.15) is 11.1 Å². The molecule has 2 N–H and O–H groups in total. The van der Waals surface area contributed by atoms with Crippen molar-refractivity contribution >= 4 is 40.4 Å². The Labute approximate surface area is 168 Å². The molecule has 4 nitrogen and oxygen atoms in total. The van der Waals surface area contributed by atoms with Gasteiger partial charge in [0.05, 0.1) is 12.1 Å². The number of aromatic nitrogens is 2. The van der Waals surface area contributed by atoms with Crippen molar-refractivity contribution in [2.45, 2.75) is 13.5 Å². The first-order chi connectivity index (χ1) is 13.2. The number of hydrogen-bond donors (Lipinski definition) is 2. The molecule has 0 saturated heterocycles. The Morgan fingerprint density at radius 1 is 1.07 bits per heavy atom. The number of anilines is 2. The zero-order valence-corrected chi connectivity index (χ0v) is 15.9. The summed E-state index contributed by atoms with van der Waals surface area (Å²) in [6, 6.07) is 6.92. The fourth-order valence-corrected chi connectivity index (χ4v) is 2.83. The smallest absolute Gasteiger partial charge is 0.176 e. The SMILES string of the molecule is Cc1ccc(Cl)cc1NC(=S)Nc1ccn(Cc2c(F)c(F)cc(F)c2F)n1. The highest BCUT2D eigenvalue weighted by Gasteiger charge is 2.19. The Morgan fingerprint density at radius 3 is 2.43 bits per heavy atom. The first-order valence-corrected chi connectivity index (χ1v) is 8.72. The Bertz CT molecular complexity index is 1030. The summed E-state index contributed by atoms with van der Waals surface area (Å²) in [5.41, 5.74) is 0.851. The van der Waals surface area contributed by atoms with Gasteiger partial charge in [-0.05, 0) is 36.8 Å². The molecule has 0 aliphatic heterocycles. The van der Waals surface area contributed by atoms with Crippen molar-refractivity contribution in [1.29, 1.82) is 0 Å². The Kier molecular flexibility index (Phi) is 5.85. The van der Waals surface area contributed by atoms with E-state index in [9.17, 15) is 17.6 Å². The summed E-state index contributed by atoms with van der Waals surface area (Å²) in [5, 5.41) is 10.6. The minimum Gasteiger partial charge on any atom is -0.332 e. The van der Waals surface area contributed by atoms with Crippen LogP contribution in [0.4, 0.5) is 29.1 Å². The molecule has 0 amide bonds. The van der Waals surface area contributed by atoms with E-state index in [1.807, 2.05) is 13.0 Å². The number of nitrogens with zero attached hydrogens (tertiary/aromatic N) is 2. The summed E-state index contributed by atoms with van der Waals surface area (Å²) in [5.74, 6) is -5.59. The fourth-order valence-electron chi connectivity index (χ4n) is 2.44. The van der Waals surface area contributed by atoms with Crippen LogP contribution in [0, 0.1) is 30.2 Å². The van der Waals surface area contributed by atoms with Crippen molar-refractivity contribution in [2.75, 3.05) is 10.6 Å². The van der Waals surface area contributed by atoms with Crippen molar-refractivity contribution in [2.24, 2.45) is 0 Å². The summed E-state index contributed by atoms with van der Waals surface area (Å²) in [6.45, 7) is 1.37. The summed E-state index contributed by atoms with van der Waals surface area (Å²) >= 11 is 11.2. The normalized spacial score (nSPS) is 10.8. The molecule has 3 aromatic rings. The van der Waals surface area contributed by atoms with Crippen LogP contribution in [0.15, 0.2) is 36.5 Å². The topological polar surface area (TPSA) is 41.9 Å². The zero-order valence-electron chi connectivity index (χ0n) is 14.4. The van der Waals surface area contributed by atoms with Gasteiger partial charge in [0.2, 0.25) is 0 Å². The van der Waals surface area contributed by atoms with Gasteiger partial charge in [-0.2, -0.15) is 5.10 Å². The van der Waals surface area contributed by atoms with E-state index in [4.69, 9.17) is 23.8 Å². The molecule has 28 heavy (non-hydrogen) atoms. The van der Waals surface area contributed by atoms with Crippen LogP contribution < -0.4 is 10.6 Å². The van der Waals surface area contributed by atoms with Gasteiger partial charge in [-0.3, -0.25) is 4.68 Å². The maximum absolute atomic E-state index is 13.8. The molecule has 0 aliphatic rings. The minimum absolute atomic E-state index is 0.159. The molecule has 0 unspecified atom stereocenters. The molecular formula is C18H13ClF4N4S. The molecule has 10 heteroatoms. The third-order valence-corrected chi connectivity index (χ3v) is 4.29. The highest BCUT2D eigenvalue weighted by atomic mass is 35.5. The molecule has 0 atom stereocenters. The molecule has 3 rings (SSSR count). The molecule has 0 spiro atoms. The van der Waals surface area contributed by atoms with Gasteiger partial charge in [0, 0.05) is 29.0 Å². The summed E-state index contributed by atoms with van der Waals surface area (Å²) in [4.78, 5) is 0. The number of hydrogen-bond acceptors (Lipinski definition) is 2. The van der Waals surface area contributed by atoms with E-state index in [2.05, 4.69) is 15.7 Å². The van der Waals surface area contributed by atoms with E-state index < -0.39 is 35.4 Å². The Hall–Kier alpha value is -2.65. The number of aryl methyl sites for hydroxylation is 1. The lowest BCUT2D eigenvalue weighted by molar-refractivity contribution is 0.431. The van der Waals surface area contributed by atoms with E-state index in [1.165, 1.54) is 12.3 Å². The first-order valence-electron chi connectivity index (χ1n) is 7.94. The summed E-state index contributed by atoms with van der Waals surface area (Å²) in [6.07, 6.45) is 1.39. The number of benzene rings is 2. The van der Waals surface area contributed by atoms with Gasteiger partial charge in [-0.15, -0.1) is 0 Å². The van der Waals surface area contributed by atoms with E-state index in [0.717, 1.165) is 10.2 Å². The molecule has 0 saturated carbocycles. The van der Waals surface area contributed by atoms with Crippen LogP contribution in [0.2, 0.25) is 5.02 Å². The summed E-state index contributed by atoms with van der Waals surface area (Å²) in [7, 11) is 0. The zero-order chi connectivity index (χ0) is 20.4. The molecule has 0 fully saturated rings. The van der Waals surface area contributed by atoms with Gasteiger partial charge in [-0.1, -0.05) is 17.7 Å². The van der Waals surface area contributed by atoms with Crippen LogP contribution in [0.25, 0.3) is 0 Å². The molecule has 2 aromatic carbocycles. The summed E-state index contributed by atoms with van der Waals surface area (Å²) < 4.78 is 55.3. The third-order valence-electron chi connectivity index (χ3n) is 3.85. The molecule has 146 valence electrons. The lowest BCUT2D eigenvalue weighted by atomic mass is 10.2. The van der Waals surface area contributed by atoms with E-state index in [1.54, 1.807) is 12.1 Å². The van der Waals surface area contributed by atoms with Crippen LogP contribution in [0.5, 0.6) is 0 Å². The van der Waals surface area contributed by atoms with E-state index in [-0.39, 0.29) is 17.0 Å². The number of halogens is 5. The van der Waals surface area contributed by atoms with Gasteiger partial charge in [-0.25, -0.2) is 17.6 Å². The lowest BCUT2D eigenvalue weighted by Crippen LogP contribution is -2.20. The monoisotopic (exact) mass is 428 g/mol. The van der Waals surface area contributed by atoms with Crippen molar-refractivity contribution in [1.82, 2.24) is 9.78 Å². The van der Waals surface area contributed by atoms with Crippen molar-refractivity contribution in [3.63, 3.8) is 0 Å². The maximum atomic E-state index is 13.8. The number of nitrogens with one attached hydrogen (secondary N) is 2. The fraction of sp³-hybridized carbons (Fsp3) is 0.111. The van der Waals surface area contributed by atoms with Crippen LogP contribution in [-0.4, -0.2) is 14.9 Å². The Morgan fingerprint density at radius 2 is 1.75 bits per heavy atom. The molecule has 1 heterocycles. The predicted molar refractivity (Wildman–Crippen MR) is 104 cm³/mol. The highest BCUT2D eigenvalue weighted by Crippen LogP contribution is 2.22. The average molecular weight is 429 g/mol. The average Bonchev–Trinajstić information content (AvgIpc) is 3.07. The second kappa shape index (κ2) is 8.15. The van der Waals surface area contributed by atoms with Gasteiger partial charge in [0.25, 0.3) is 0 Å². The van der Waals surface area contributed by atoms with Gasteiger partial charge < -0.3 is 10.6 Å². The number of rotatable bonds is 4. The van der Waals surface area contributed by atoms with Gasteiger partial charge in [0.15, 0.2) is 34.2 Å². The molecule has 1 aromatic heterocycles. The largest absolute Gasteiger partial charge is 0.332 e. The third kappa shape index (κ3) is 4.42. The Balaban J connectivity index is 1.71. The molecule has 0 aliphatic carbocycles. The lowest BCUT2D eigenvalue weighted by Gasteiger charge is -2.11. The van der Waals surface area contributed by atoms with Crippen LogP contribution in [0.3, 0.4) is 0 Å².